The summed E-state index contributed by atoms with van der Waals surface area (Å²) in [5.74, 6) is -1.20. The highest BCUT2D eigenvalue weighted by molar-refractivity contribution is 5.86. The van der Waals surface area contributed by atoms with Crippen LogP contribution in [0.1, 0.15) is 19.8 Å². The normalized spacial score (nSPS) is 18.2. The average Bonchev–Trinajstić information content (AvgIpc) is 2.48. The summed E-state index contributed by atoms with van der Waals surface area (Å²) in [7, 11) is 1.69. The Bertz CT molecular complexity index is 345. The molecule has 1 fully saturated rings. The van der Waals surface area contributed by atoms with Crippen LogP contribution < -0.4 is 5.32 Å². The predicted molar refractivity (Wildman–Crippen MR) is 64.1 cm³/mol. The number of carboxylic acids is 1. The van der Waals surface area contributed by atoms with Crippen molar-refractivity contribution in [3.05, 3.63) is 0 Å². The van der Waals surface area contributed by atoms with E-state index in [0.717, 1.165) is 0 Å². The van der Waals surface area contributed by atoms with Crippen LogP contribution in [-0.2, 0) is 9.59 Å². The third-order valence-electron chi connectivity index (χ3n) is 2.96. The molecule has 1 heterocycles. The summed E-state index contributed by atoms with van der Waals surface area (Å²) < 4.78 is 0. The van der Waals surface area contributed by atoms with Crippen molar-refractivity contribution < 1.29 is 19.5 Å². The first-order valence-corrected chi connectivity index (χ1v) is 5.98. The molecule has 2 N–H and O–H groups in total. The summed E-state index contributed by atoms with van der Waals surface area (Å²) in [5.41, 5.74) is 0. The van der Waals surface area contributed by atoms with Gasteiger partial charge in [0.15, 0.2) is 0 Å². The first-order valence-electron chi connectivity index (χ1n) is 5.98. The number of carboxylic acid groups (broad SMARTS) is 1. The molecule has 1 rings (SSSR count). The van der Waals surface area contributed by atoms with E-state index in [9.17, 15) is 14.4 Å². The lowest BCUT2D eigenvalue weighted by Crippen LogP contribution is -2.49. The van der Waals surface area contributed by atoms with Gasteiger partial charge in [-0.2, -0.15) is 0 Å². The van der Waals surface area contributed by atoms with Crippen molar-refractivity contribution in [2.75, 3.05) is 26.7 Å². The lowest BCUT2D eigenvalue weighted by molar-refractivity contribution is -0.139. The third kappa shape index (κ3) is 3.61. The second-order valence-corrected chi connectivity index (χ2v) is 4.34. The van der Waals surface area contributed by atoms with Gasteiger partial charge in [-0.3, -0.25) is 4.79 Å². The zero-order valence-corrected chi connectivity index (χ0v) is 10.7. The monoisotopic (exact) mass is 257 g/mol. The van der Waals surface area contributed by atoms with Crippen LogP contribution >= 0.6 is 0 Å². The van der Waals surface area contributed by atoms with E-state index in [0.29, 0.717) is 25.9 Å². The molecule has 0 aliphatic carbocycles. The molecule has 7 heteroatoms. The molecule has 102 valence electrons. The molecule has 1 aliphatic heterocycles. The molecule has 0 aromatic heterocycles. The minimum atomic E-state index is -1.07. The van der Waals surface area contributed by atoms with Crippen molar-refractivity contribution in [3.63, 3.8) is 0 Å². The largest absolute Gasteiger partial charge is 0.480 e. The predicted octanol–water partition coefficient (Wildman–Crippen LogP) is -0.277. The van der Waals surface area contributed by atoms with Crippen molar-refractivity contribution in [2.45, 2.75) is 25.8 Å². The number of nitrogens with one attached hydrogen (secondary N) is 1. The van der Waals surface area contributed by atoms with Gasteiger partial charge in [0.05, 0.1) is 0 Å². The standard InChI is InChI=1S/C11H19N3O4/c1-3-8(10(16)17)12-11(18)14-6-4-5-13(2)9(15)7-14/h8H,3-7H2,1-2H3,(H,12,18)(H,16,17)/t8-/m0/s1. The van der Waals surface area contributed by atoms with E-state index in [4.69, 9.17) is 5.11 Å². The quantitative estimate of drug-likeness (QED) is 0.728. The summed E-state index contributed by atoms with van der Waals surface area (Å²) in [6.45, 7) is 2.75. The molecule has 0 aromatic carbocycles. The molecule has 0 spiro atoms. The first kappa shape index (κ1) is 14.3. The van der Waals surface area contributed by atoms with Crippen molar-refractivity contribution in [3.8, 4) is 0 Å². The number of amides is 3. The number of aliphatic carboxylic acids is 1. The Morgan fingerprint density at radius 3 is 2.67 bits per heavy atom. The molecular weight excluding hydrogens is 238 g/mol. The van der Waals surface area contributed by atoms with E-state index in [-0.39, 0.29) is 12.5 Å². The summed E-state index contributed by atoms with van der Waals surface area (Å²) in [4.78, 5) is 37.2. The third-order valence-corrected chi connectivity index (χ3v) is 2.96. The number of urea groups is 1. The number of hydrogen-bond acceptors (Lipinski definition) is 3. The van der Waals surface area contributed by atoms with E-state index >= 15 is 0 Å². The Kier molecular flexibility index (Phi) is 4.94. The number of rotatable bonds is 3. The summed E-state index contributed by atoms with van der Waals surface area (Å²) in [6, 6.07) is -1.40. The molecule has 18 heavy (non-hydrogen) atoms. The lowest BCUT2D eigenvalue weighted by Gasteiger charge is -2.22. The van der Waals surface area contributed by atoms with Gasteiger partial charge in [-0.25, -0.2) is 9.59 Å². The smallest absolute Gasteiger partial charge is 0.326 e. The first-order chi connectivity index (χ1) is 8.45. The van der Waals surface area contributed by atoms with Gasteiger partial charge >= 0.3 is 12.0 Å². The number of nitrogens with zero attached hydrogens (tertiary/aromatic N) is 2. The average molecular weight is 257 g/mol. The zero-order chi connectivity index (χ0) is 13.7. The van der Waals surface area contributed by atoms with Crippen LogP contribution in [0.2, 0.25) is 0 Å². The van der Waals surface area contributed by atoms with Gasteiger partial charge in [0.25, 0.3) is 0 Å². The molecule has 0 aromatic rings. The fraction of sp³-hybridized carbons (Fsp3) is 0.727. The van der Waals surface area contributed by atoms with Crippen LogP contribution in [0.25, 0.3) is 0 Å². The van der Waals surface area contributed by atoms with Crippen LogP contribution in [0.5, 0.6) is 0 Å². The Morgan fingerprint density at radius 1 is 1.44 bits per heavy atom. The molecule has 0 radical (unpaired) electrons. The molecule has 7 nitrogen and oxygen atoms in total. The number of hydrogen-bond donors (Lipinski definition) is 2. The van der Waals surface area contributed by atoms with Gasteiger partial charge in [-0.15, -0.1) is 0 Å². The Hall–Kier alpha value is -1.79. The molecule has 0 saturated carbocycles. The van der Waals surface area contributed by atoms with Gasteiger partial charge in [0.1, 0.15) is 12.6 Å². The summed E-state index contributed by atoms with van der Waals surface area (Å²) >= 11 is 0. The maximum atomic E-state index is 11.9. The highest BCUT2D eigenvalue weighted by Crippen LogP contribution is 2.03. The second-order valence-electron chi connectivity index (χ2n) is 4.34. The minimum absolute atomic E-state index is 0.00160. The fourth-order valence-corrected chi connectivity index (χ4v) is 1.74. The Balaban J connectivity index is 2.60. The van der Waals surface area contributed by atoms with Gasteiger partial charge in [-0.1, -0.05) is 6.92 Å². The maximum absolute atomic E-state index is 11.9. The minimum Gasteiger partial charge on any atom is -0.480 e. The summed E-state index contributed by atoms with van der Waals surface area (Å²) in [5, 5.41) is 11.3. The Morgan fingerprint density at radius 2 is 2.11 bits per heavy atom. The van der Waals surface area contributed by atoms with E-state index in [1.807, 2.05) is 0 Å². The Labute approximate surface area is 106 Å². The van der Waals surface area contributed by atoms with E-state index in [1.165, 1.54) is 4.90 Å². The van der Waals surface area contributed by atoms with E-state index in [2.05, 4.69) is 5.32 Å². The van der Waals surface area contributed by atoms with Gasteiger partial charge in [0.2, 0.25) is 5.91 Å². The highest BCUT2D eigenvalue weighted by atomic mass is 16.4. The van der Waals surface area contributed by atoms with Crippen molar-refractivity contribution in [1.82, 2.24) is 15.1 Å². The highest BCUT2D eigenvalue weighted by Gasteiger charge is 2.25. The second kappa shape index (κ2) is 6.23. The molecule has 0 unspecified atom stereocenters. The summed E-state index contributed by atoms with van der Waals surface area (Å²) in [6.07, 6.45) is 1.00. The van der Waals surface area contributed by atoms with Crippen molar-refractivity contribution >= 4 is 17.9 Å². The fourth-order valence-electron chi connectivity index (χ4n) is 1.74. The van der Waals surface area contributed by atoms with E-state index in [1.54, 1.807) is 18.9 Å². The number of carbonyl (C=O) groups excluding carboxylic acids is 2. The molecule has 1 aliphatic rings. The van der Waals surface area contributed by atoms with E-state index < -0.39 is 18.0 Å². The van der Waals surface area contributed by atoms with Crippen LogP contribution in [0.3, 0.4) is 0 Å². The zero-order valence-electron chi connectivity index (χ0n) is 10.7. The SMILES string of the molecule is CC[C@H](NC(=O)N1CCCN(C)C(=O)C1)C(=O)O. The van der Waals surface area contributed by atoms with Crippen LogP contribution in [0.15, 0.2) is 0 Å². The van der Waals surface area contributed by atoms with Crippen LogP contribution in [-0.4, -0.2) is 65.5 Å². The van der Waals surface area contributed by atoms with Crippen LogP contribution in [0, 0.1) is 0 Å². The molecule has 3 amide bonds. The van der Waals surface area contributed by atoms with Gasteiger partial charge < -0.3 is 20.2 Å². The van der Waals surface area contributed by atoms with Crippen molar-refractivity contribution in [1.29, 1.82) is 0 Å². The molecule has 1 saturated heterocycles. The topological polar surface area (TPSA) is 90.0 Å². The molecular formula is C11H19N3O4. The maximum Gasteiger partial charge on any atom is 0.326 e. The molecule has 1 atom stereocenters. The van der Waals surface area contributed by atoms with Gasteiger partial charge in [0, 0.05) is 20.1 Å². The van der Waals surface area contributed by atoms with Gasteiger partial charge in [-0.05, 0) is 12.8 Å². The number of carbonyl (C=O) groups is 3. The number of likely N-dealkylation sites (N-methyl/N-ethyl adjacent to an activating group) is 1. The lowest BCUT2D eigenvalue weighted by atomic mass is 10.2. The molecule has 0 bridgehead atoms. The van der Waals surface area contributed by atoms with Crippen molar-refractivity contribution in [2.24, 2.45) is 0 Å². The van der Waals surface area contributed by atoms with Crippen LogP contribution in [0.4, 0.5) is 4.79 Å².